The Bertz CT molecular complexity index is 1210. The summed E-state index contributed by atoms with van der Waals surface area (Å²) in [4.78, 5) is 8.08. The molecule has 0 aliphatic carbocycles. The molecule has 0 spiro atoms. The van der Waals surface area contributed by atoms with Gasteiger partial charge in [0.1, 0.15) is 11.5 Å². The van der Waals surface area contributed by atoms with Crippen LogP contribution in [-0.4, -0.2) is 30.7 Å². The summed E-state index contributed by atoms with van der Waals surface area (Å²) in [7, 11) is 3.44. The molecule has 0 amide bonds. The Kier molecular flexibility index (Phi) is 5.57. The van der Waals surface area contributed by atoms with Crippen LogP contribution in [0.25, 0.3) is 10.9 Å². The van der Waals surface area contributed by atoms with Crippen LogP contribution >= 0.6 is 11.8 Å². The predicted molar refractivity (Wildman–Crippen MR) is 125 cm³/mol. The number of hydrogen-bond donors (Lipinski definition) is 2. The maximum atomic E-state index is 5.64. The maximum Gasteiger partial charge on any atom is 0.122 e. The highest BCUT2D eigenvalue weighted by Crippen LogP contribution is 2.37. The maximum absolute atomic E-state index is 5.64. The molecule has 2 aromatic heterocycles. The minimum absolute atomic E-state index is 0.117. The summed E-state index contributed by atoms with van der Waals surface area (Å²) >= 11 is 1.72. The molecule has 0 radical (unpaired) electrons. The van der Waals surface area contributed by atoms with E-state index in [-0.39, 0.29) is 6.04 Å². The molecule has 1 aliphatic rings. The first kappa shape index (κ1) is 20.0. The van der Waals surface area contributed by atoms with Crippen LogP contribution in [-0.2, 0) is 12.2 Å². The van der Waals surface area contributed by atoms with Gasteiger partial charge in [-0.15, -0.1) is 11.8 Å². The lowest BCUT2D eigenvalue weighted by atomic mass is 9.93. The van der Waals surface area contributed by atoms with E-state index in [9.17, 15) is 0 Å². The number of rotatable bonds is 6. The fourth-order valence-corrected chi connectivity index (χ4v) is 5.13. The Balaban J connectivity index is 1.49. The molecule has 1 aliphatic heterocycles. The molecule has 3 heterocycles. The molecule has 1 atom stereocenters. The third-order valence-electron chi connectivity index (χ3n) is 5.81. The molecule has 5 nitrogen and oxygen atoms in total. The number of ether oxygens (including phenoxy) is 2. The fraction of sp³-hybridized carbons (Fsp3) is 0.240. The monoisotopic (exact) mass is 431 g/mol. The second kappa shape index (κ2) is 8.65. The molecule has 2 N–H and O–H groups in total. The van der Waals surface area contributed by atoms with Crippen molar-refractivity contribution in [3.8, 4) is 11.5 Å². The SMILES string of the molecule is COc1ccc2[nH]c3c(c2c1)CCNC3c1ccc(OC)c(CSc2ccccn2)c1. The van der Waals surface area contributed by atoms with Gasteiger partial charge < -0.3 is 19.8 Å². The number of nitrogens with one attached hydrogen (secondary N) is 2. The summed E-state index contributed by atoms with van der Waals surface area (Å²) in [5.74, 6) is 2.60. The molecule has 1 unspecified atom stereocenters. The largest absolute Gasteiger partial charge is 0.497 e. The van der Waals surface area contributed by atoms with Crippen molar-refractivity contribution >= 4 is 22.7 Å². The summed E-state index contributed by atoms with van der Waals surface area (Å²) in [6.45, 7) is 0.936. The van der Waals surface area contributed by atoms with E-state index in [4.69, 9.17) is 9.47 Å². The van der Waals surface area contributed by atoms with E-state index in [0.717, 1.165) is 40.8 Å². The van der Waals surface area contributed by atoms with E-state index >= 15 is 0 Å². The average Bonchev–Trinajstić information content (AvgIpc) is 3.21. The lowest BCUT2D eigenvalue weighted by Gasteiger charge is -2.25. The van der Waals surface area contributed by atoms with E-state index in [2.05, 4.69) is 45.6 Å². The van der Waals surface area contributed by atoms with Crippen LogP contribution in [0.1, 0.15) is 28.4 Å². The molecule has 158 valence electrons. The van der Waals surface area contributed by atoms with Gasteiger partial charge in [0.2, 0.25) is 0 Å². The molecule has 0 saturated heterocycles. The van der Waals surface area contributed by atoms with Crippen molar-refractivity contribution in [2.75, 3.05) is 20.8 Å². The van der Waals surface area contributed by atoms with Crippen LogP contribution in [0.5, 0.6) is 11.5 Å². The number of methoxy groups -OCH3 is 2. The number of fused-ring (bicyclic) bond motifs is 3. The van der Waals surface area contributed by atoms with E-state index in [1.54, 1.807) is 26.0 Å². The summed E-state index contributed by atoms with van der Waals surface area (Å²) in [6, 6.07) is 18.8. The number of aromatic amines is 1. The van der Waals surface area contributed by atoms with Gasteiger partial charge in [0.05, 0.1) is 25.3 Å². The highest BCUT2D eigenvalue weighted by Gasteiger charge is 2.26. The molecular weight excluding hydrogens is 406 g/mol. The second-order valence-electron chi connectivity index (χ2n) is 7.59. The first-order chi connectivity index (χ1) is 15.3. The minimum Gasteiger partial charge on any atom is -0.497 e. The Morgan fingerprint density at radius 3 is 2.81 bits per heavy atom. The Hall–Kier alpha value is -2.96. The predicted octanol–water partition coefficient (Wildman–Crippen LogP) is 5.11. The van der Waals surface area contributed by atoms with Crippen molar-refractivity contribution in [2.24, 2.45) is 0 Å². The topological polar surface area (TPSA) is 59.2 Å². The molecule has 4 aromatic rings. The quantitative estimate of drug-likeness (QED) is 0.416. The van der Waals surface area contributed by atoms with Crippen LogP contribution in [0.2, 0.25) is 0 Å². The van der Waals surface area contributed by atoms with Crippen LogP contribution in [0.3, 0.4) is 0 Å². The van der Waals surface area contributed by atoms with Gasteiger partial charge in [-0.3, -0.25) is 0 Å². The number of hydrogen-bond acceptors (Lipinski definition) is 5. The van der Waals surface area contributed by atoms with Gasteiger partial charge in [-0.05, 0) is 60.0 Å². The van der Waals surface area contributed by atoms with Gasteiger partial charge in [-0.25, -0.2) is 4.98 Å². The van der Waals surface area contributed by atoms with Crippen molar-refractivity contribution in [1.82, 2.24) is 15.3 Å². The van der Waals surface area contributed by atoms with E-state index < -0.39 is 0 Å². The first-order valence-corrected chi connectivity index (χ1v) is 11.4. The van der Waals surface area contributed by atoms with E-state index in [0.29, 0.717) is 0 Å². The lowest BCUT2D eigenvalue weighted by Crippen LogP contribution is -2.30. The van der Waals surface area contributed by atoms with Crippen LogP contribution in [0, 0.1) is 0 Å². The van der Waals surface area contributed by atoms with Gasteiger partial charge in [-0.1, -0.05) is 12.1 Å². The number of benzene rings is 2. The normalized spacial score (nSPS) is 15.6. The number of nitrogens with zero attached hydrogens (tertiary/aromatic N) is 1. The first-order valence-electron chi connectivity index (χ1n) is 10.4. The molecule has 0 fully saturated rings. The third kappa shape index (κ3) is 3.89. The highest BCUT2D eigenvalue weighted by molar-refractivity contribution is 7.98. The number of thioether (sulfide) groups is 1. The van der Waals surface area contributed by atoms with Gasteiger partial charge >= 0.3 is 0 Å². The zero-order chi connectivity index (χ0) is 21.2. The zero-order valence-electron chi connectivity index (χ0n) is 17.6. The fourth-order valence-electron chi connectivity index (χ4n) is 4.29. The van der Waals surface area contributed by atoms with Crippen LogP contribution in [0.4, 0.5) is 0 Å². The highest BCUT2D eigenvalue weighted by atomic mass is 32.2. The standard InChI is InChI=1S/C25H25N3O2S/c1-29-18-7-8-21-20(14-18)19-10-12-27-24(25(19)28-21)16-6-9-22(30-2)17(13-16)15-31-23-5-3-4-11-26-23/h3-9,11,13-14,24,27-28H,10,12,15H2,1-2H3. The summed E-state index contributed by atoms with van der Waals surface area (Å²) in [6.07, 6.45) is 2.83. The zero-order valence-corrected chi connectivity index (χ0v) is 18.5. The minimum atomic E-state index is 0.117. The second-order valence-corrected chi connectivity index (χ2v) is 8.59. The van der Waals surface area contributed by atoms with Crippen molar-refractivity contribution in [3.05, 3.63) is 83.2 Å². The number of aromatic nitrogens is 2. The summed E-state index contributed by atoms with van der Waals surface area (Å²) in [5, 5.41) is 5.96. The smallest absolute Gasteiger partial charge is 0.122 e. The van der Waals surface area contributed by atoms with Gasteiger partial charge in [-0.2, -0.15) is 0 Å². The summed E-state index contributed by atoms with van der Waals surface area (Å²) < 4.78 is 11.1. The average molecular weight is 432 g/mol. The molecular formula is C25H25N3O2S. The van der Waals surface area contributed by atoms with E-state index in [1.807, 2.05) is 30.5 Å². The van der Waals surface area contributed by atoms with Crippen molar-refractivity contribution in [1.29, 1.82) is 0 Å². The van der Waals surface area contributed by atoms with Gasteiger partial charge in [0.15, 0.2) is 0 Å². The Labute approximate surface area is 186 Å². The molecule has 5 rings (SSSR count). The molecule has 0 saturated carbocycles. The van der Waals surface area contributed by atoms with Crippen molar-refractivity contribution in [3.63, 3.8) is 0 Å². The third-order valence-corrected chi connectivity index (χ3v) is 6.80. The van der Waals surface area contributed by atoms with Crippen molar-refractivity contribution in [2.45, 2.75) is 23.2 Å². The number of H-pyrrole nitrogens is 1. The Morgan fingerprint density at radius 2 is 2.00 bits per heavy atom. The van der Waals surface area contributed by atoms with Crippen molar-refractivity contribution < 1.29 is 9.47 Å². The van der Waals surface area contributed by atoms with E-state index in [1.165, 1.54) is 27.8 Å². The van der Waals surface area contributed by atoms with Crippen LogP contribution < -0.4 is 14.8 Å². The Morgan fingerprint density at radius 1 is 1.06 bits per heavy atom. The number of pyridine rings is 1. The molecule has 0 bridgehead atoms. The molecule has 2 aromatic carbocycles. The van der Waals surface area contributed by atoms with Crippen LogP contribution in [0.15, 0.2) is 65.8 Å². The molecule has 6 heteroatoms. The van der Waals surface area contributed by atoms with Gasteiger partial charge in [0, 0.05) is 40.7 Å². The van der Waals surface area contributed by atoms with Gasteiger partial charge in [0.25, 0.3) is 0 Å². The summed E-state index contributed by atoms with van der Waals surface area (Å²) in [5.41, 5.74) is 6.17. The molecule has 31 heavy (non-hydrogen) atoms. The lowest BCUT2D eigenvalue weighted by molar-refractivity contribution is 0.411.